The molecule has 2 heterocycles. The number of rotatable bonds is 5. The zero-order valence-corrected chi connectivity index (χ0v) is 12.7. The number of aromatic nitrogens is 1. The van der Waals surface area contributed by atoms with Gasteiger partial charge in [-0.05, 0) is 37.9 Å². The zero-order valence-electron chi connectivity index (χ0n) is 11.9. The van der Waals surface area contributed by atoms with Crippen LogP contribution in [0.5, 0.6) is 0 Å². The number of hydrogen-bond donors (Lipinski definition) is 1. The molecule has 1 aromatic heterocycles. The minimum atomic E-state index is 0.572. The lowest BCUT2D eigenvalue weighted by molar-refractivity contribution is 0.164. The molecule has 0 amide bonds. The van der Waals surface area contributed by atoms with Crippen LogP contribution in [0, 0.1) is 5.92 Å². The Balaban J connectivity index is 1.86. The van der Waals surface area contributed by atoms with Crippen molar-refractivity contribution in [3.05, 3.63) is 29.0 Å². The van der Waals surface area contributed by atoms with Crippen LogP contribution in [0.25, 0.3) is 0 Å². The van der Waals surface area contributed by atoms with Gasteiger partial charge in [-0.1, -0.05) is 31.5 Å². The summed E-state index contributed by atoms with van der Waals surface area (Å²) in [5.41, 5.74) is 1.14. The van der Waals surface area contributed by atoms with Gasteiger partial charge in [-0.2, -0.15) is 0 Å². The normalized spacial score (nSPS) is 20.9. The minimum Gasteiger partial charge on any atom is -0.314 e. The maximum absolute atomic E-state index is 6.13. The van der Waals surface area contributed by atoms with Crippen molar-refractivity contribution in [2.45, 2.75) is 39.3 Å². The van der Waals surface area contributed by atoms with Crippen LogP contribution in [0.3, 0.4) is 0 Å². The van der Waals surface area contributed by atoms with E-state index in [1.807, 2.05) is 6.07 Å². The molecular weight excluding hydrogens is 258 g/mol. The summed E-state index contributed by atoms with van der Waals surface area (Å²) in [6, 6.07) is 4.61. The molecule has 4 heteroatoms. The first-order chi connectivity index (χ1) is 9.15. The predicted octanol–water partition coefficient (Wildman–Crippen LogP) is 2.95. The van der Waals surface area contributed by atoms with E-state index >= 15 is 0 Å². The van der Waals surface area contributed by atoms with Gasteiger partial charge < -0.3 is 5.32 Å². The van der Waals surface area contributed by atoms with Gasteiger partial charge in [0.25, 0.3) is 0 Å². The van der Waals surface area contributed by atoms with Gasteiger partial charge in [0.05, 0.1) is 0 Å². The fourth-order valence-corrected chi connectivity index (χ4v) is 2.82. The van der Waals surface area contributed by atoms with Crippen LogP contribution in [0.4, 0.5) is 0 Å². The number of nitrogens with zero attached hydrogens (tertiary/aromatic N) is 2. The quantitative estimate of drug-likeness (QED) is 0.841. The van der Waals surface area contributed by atoms with Crippen molar-refractivity contribution in [3.63, 3.8) is 0 Å². The molecule has 0 spiro atoms. The molecule has 3 nitrogen and oxygen atoms in total. The molecule has 106 valence electrons. The number of halogens is 1. The summed E-state index contributed by atoms with van der Waals surface area (Å²) < 4.78 is 0. The third-order valence-electron chi connectivity index (χ3n) is 3.65. The molecule has 0 aliphatic carbocycles. The Hall–Kier alpha value is -0.640. The highest BCUT2D eigenvalue weighted by molar-refractivity contribution is 6.30. The molecule has 1 atom stereocenters. The number of likely N-dealkylation sites (tertiary alicyclic amines) is 1. The summed E-state index contributed by atoms with van der Waals surface area (Å²) in [4.78, 5) is 6.65. The largest absolute Gasteiger partial charge is 0.314 e. The number of pyridine rings is 1. The highest BCUT2D eigenvalue weighted by Crippen LogP contribution is 2.20. The van der Waals surface area contributed by atoms with Crippen LogP contribution in [0.2, 0.25) is 5.15 Å². The second-order valence-corrected chi connectivity index (χ2v) is 6.12. The number of nitrogens with one attached hydrogen (secondary N) is 1. The fraction of sp³-hybridized carbons (Fsp3) is 0.667. The Morgan fingerprint density at radius 1 is 1.53 bits per heavy atom. The van der Waals surface area contributed by atoms with Gasteiger partial charge in [0.15, 0.2) is 0 Å². The lowest BCUT2D eigenvalue weighted by Gasteiger charge is -2.33. The minimum absolute atomic E-state index is 0.572. The molecule has 0 bridgehead atoms. The summed E-state index contributed by atoms with van der Waals surface area (Å²) in [5, 5.41) is 4.19. The standard InChI is InChI=1S/C15H24ClN3/c1-12(2)18-9-13-5-4-8-19(10-13)11-14-6-3-7-17-15(14)16/h3,6-7,12-13,18H,4-5,8-11H2,1-2H3. The Bertz CT molecular complexity index is 395. The Morgan fingerprint density at radius 3 is 3.11 bits per heavy atom. The average molecular weight is 282 g/mol. The van der Waals surface area contributed by atoms with Crippen molar-refractivity contribution in [3.8, 4) is 0 Å². The predicted molar refractivity (Wildman–Crippen MR) is 80.4 cm³/mol. The topological polar surface area (TPSA) is 28.2 Å². The molecule has 1 saturated heterocycles. The molecule has 1 aliphatic heterocycles. The molecule has 1 N–H and O–H groups in total. The van der Waals surface area contributed by atoms with Crippen molar-refractivity contribution in [2.75, 3.05) is 19.6 Å². The van der Waals surface area contributed by atoms with Gasteiger partial charge in [0.2, 0.25) is 0 Å². The van der Waals surface area contributed by atoms with Gasteiger partial charge >= 0.3 is 0 Å². The van der Waals surface area contributed by atoms with E-state index in [9.17, 15) is 0 Å². The van der Waals surface area contributed by atoms with Crippen LogP contribution in [-0.4, -0.2) is 35.6 Å². The molecule has 1 fully saturated rings. The summed E-state index contributed by atoms with van der Waals surface area (Å²) in [6.07, 6.45) is 4.36. The van der Waals surface area contributed by atoms with Crippen molar-refractivity contribution >= 4 is 11.6 Å². The Kier molecular flexibility index (Phi) is 5.61. The molecule has 1 unspecified atom stereocenters. The molecule has 1 aromatic rings. The first-order valence-electron chi connectivity index (χ1n) is 7.20. The van der Waals surface area contributed by atoms with Gasteiger partial charge in [-0.15, -0.1) is 0 Å². The average Bonchev–Trinajstić information content (AvgIpc) is 2.40. The van der Waals surface area contributed by atoms with E-state index in [1.165, 1.54) is 19.4 Å². The summed E-state index contributed by atoms with van der Waals surface area (Å²) in [6.45, 7) is 8.78. The van der Waals surface area contributed by atoms with E-state index in [2.05, 4.69) is 35.1 Å². The highest BCUT2D eigenvalue weighted by atomic mass is 35.5. The molecule has 0 radical (unpaired) electrons. The molecule has 19 heavy (non-hydrogen) atoms. The van der Waals surface area contributed by atoms with Crippen LogP contribution >= 0.6 is 11.6 Å². The zero-order chi connectivity index (χ0) is 13.7. The van der Waals surface area contributed by atoms with Crippen molar-refractivity contribution < 1.29 is 0 Å². The van der Waals surface area contributed by atoms with Crippen molar-refractivity contribution in [1.82, 2.24) is 15.2 Å². The van der Waals surface area contributed by atoms with Gasteiger partial charge in [0, 0.05) is 30.9 Å². The van der Waals surface area contributed by atoms with Crippen LogP contribution in [0.1, 0.15) is 32.3 Å². The van der Waals surface area contributed by atoms with Crippen molar-refractivity contribution in [2.24, 2.45) is 5.92 Å². The summed E-state index contributed by atoms with van der Waals surface area (Å²) >= 11 is 6.13. The molecule has 0 saturated carbocycles. The maximum Gasteiger partial charge on any atom is 0.133 e. The summed E-state index contributed by atoms with van der Waals surface area (Å²) in [7, 11) is 0. The van der Waals surface area contributed by atoms with E-state index < -0.39 is 0 Å². The summed E-state index contributed by atoms with van der Waals surface area (Å²) in [5.74, 6) is 0.756. The number of hydrogen-bond acceptors (Lipinski definition) is 3. The van der Waals surface area contributed by atoms with E-state index in [4.69, 9.17) is 11.6 Å². The second kappa shape index (κ2) is 7.22. The molecule has 1 aliphatic rings. The third kappa shape index (κ3) is 4.75. The maximum atomic E-state index is 6.13. The Labute approximate surface area is 121 Å². The van der Waals surface area contributed by atoms with Crippen LogP contribution < -0.4 is 5.32 Å². The highest BCUT2D eigenvalue weighted by Gasteiger charge is 2.20. The number of piperidine rings is 1. The first-order valence-corrected chi connectivity index (χ1v) is 7.58. The van der Waals surface area contributed by atoms with Gasteiger partial charge in [-0.25, -0.2) is 4.98 Å². The first kappa shape index (κ1) is 14.8. The third-order valence-corrected chi connectivity index (χ3v) is 3.99. The lowest BCUT2D eigenvalue weighted by atomic mass is 9.97. The SMILES string of the molecule is CC(C)NCC1CCCN(Cc2cccnc2Cl)C1. The van der Waals surface area contributed by atoms with Crippen molar-refractivity contribution in [1.29, 1.82) is 0 Å². The van der Waals surface area contributed by atoms with E-state index in [-0.39, 0.29) is 0 Å². The van der Waals surface area contributed by atoms with E-state index in [0.29, 0.717) is 11.2 Å². The smallest absolute Gasteiger partial charge is 0.133 e. The molecule has 0 aromatic carbocycles. The Morgan fingerprint density at radius 2 is 2.37 bits per heavy atom. The van der Waals surface area contributed by atoms with Gasteiger partial charge in [-0.3, -0.25) is 4.90 Å². The molecular formula is C15H24ClN3. The van der Waals surface area contributed by atoms with Gasteiger partial charge in [0.1, 0.15) is 5.15 Å². The van der Waals surface area contributed by atoms with E-state index in [1.54, 1.807) is 6.20 Å². The second-order valence-electron chi connectivity index (χ2n) is 5.76. The molecule has 2 rings (SSSR count). The lowest BCUT2D eigenvalue weighted by Crippen LogP contribution is -2.40. The fourth-order valence-electron chi connectivity index (χ4n) is 2.64. The van der Waals surface area contributed by atoms with E-state index in [0.717, 1.165) is 31.1 Å². The van der Waals surface area contributed by atoms with Crippen LogP contribution in [0.15, 0.2) is 18.3 Å². The monoisotopic (exact) mass is 281 g/mol. The van der Waals surface area contributed by atoms with Crippen LogP contribution in [-0.2, 0) is 6.54 Å².